The first-order valence-corrected chi connectivity index (χ1v) is 5.70. The molecule has 0 saturated carbocycles. The minimum Gasteiger partial charge on any atom is -0.464 e. The van der Waals surface area contributed by atoms with Gasteiger partial charge in [-0.25, -0.2) is 9.59 Å². The average molecular weight is 261 g/mol. The Morgan fingerprint density at radius 3 is 2.63 bits per heavy atom. The van der Waals surface area contributed by atoms with Crippen LogP contribution < -0.4 is 11.1 Å². The molecule has 0 aliphatic heterocycles. The Bertz CT molecular complexity index is 536. The lowest BCUT2D eigenvalue weighted by Crippen LogP contribution is -2.52. The number of amides is 2. The summed E-state index contributed by atoms with van der Waals surface area (Å²) in [6.07, 6.45) is 0. The Hall–Kier alpha value is -2.55. The number of primary amides is 1. The molecule has 1 aromatic rings. The molecule has 19 heavy (non-hydrogen) atoms. The van der Waals surface area contributed by atoms with Crippen molar-refractivity contribution in [3.8, 4) is 6.07 Å². The molecular weight excluding hydrogens is 246 g/mol. The topological polar surface area (TPSA) is 105 Å². The van der Waals surface area contributed by atoms with Crippen LogP contribution in [0.2, 0.25) is 0 Å². The number of nitrogens with two attached hydrogens (primary N) is 1. The van der Waals surface area contributed by atoms with Gasteiger partial charge >= 0.3 is 12.0 Å². The fraction of sp³-hybridized carbons (Fsp3) is 0.308. The summed E-state index contributed by atoms with van der Waals surface area (Å²) < 4.78 is 4.94. The van der Waals surface area contributed by atoms with Gasteiger partial charge in [0, 0.05) is 5.56 Å². The molecule has 0 aliphatic carbocycles. The molecular formula is C13H15N3O3. The molecule has 3 N–H and O–H groups in total. The van der Waals surface area contributed by atoms with Crippen LogP contribution in [0.15, 0.2) is 24.3 Å². The summed E-state index contributed by atoms with van der Waals surface area (Å²) >= 11 is 0. The van der Waals surface area contributed by atoms with Crippen LogP contribution in [0.3, 0.4) is 0 Å². The van der Waals surface area contributed by atoms with Gasteiger partial charge in [0.05, 0.1) is 18.2 Å². The third-order valence-electron chi connectivity index (χ3n) is 2.64. The second-order valence-corrected chi connectivity index (χ2v) is 3.99. The standard InChI is InChI=1S/C13H15N3O3/c1-3-19-11(17)13(2,16-12(15)18)10-7-5-4-6-9(10)8-14/h4-7H,3H2,1-2H3,(H3,15,16,18). The van der Waals surface area contributed by atoms with Crippen LogP contribution in [0.4, 0.5) is 4.79 Å². The van der Waals surface area contributed by atoms with E-state index in [4.69, 9.17) is 15.7 Å². The second kappa shape index (κ2) is 5.87. The molecule has 6 nitrogen and oxygen atoms in total. The van der Waals surface area contributed by atoms with Crippen molar-refractivity contribution < 1.29 is 14.3 Å². The van der Waals surface area contributed by atoms with Crippen molar-refractivity contribution >= 4 is 12.0 Å². The monoisotopic (exact) mass is 261 g/mol. The number of hydrogen-bond acceptors (Lipinski definition) is 4. The van der Waals surface area contributed by atoms with E-state index in [1.165, 1.54) is 6.92 Å². The quantitative estimate of drug-likeness (QED) is 0.789. The number of esters is 1. The molecule has 0 fully saturated rings. The van der Waals surface area contributed by atoms with E-state index in [-0.39, 0.29) is 12.2 Å². The molecule has 1 atom stereocenters. The number of nitrogens with one attached hydrogen (secondary N) is 1. The second-order valence-electron chi connectivity index (χ2n) is 3.99. The smallest absolute Gasteiger partial charge is 0.336 e. The van der Waals surface area contributed by atoms with Crippen LogP contribution in [-0.4, -0.2) is 18.6 Å². The van der Waals surface area contributed by atoms with E-state index in [2.05, 4.69) is 5.32 Å². The zero-order chi connectivity index (χ0) is 14.5. The molecule has 2 amide bonds. The summed E-state index contributed by atoms with van der Waals surface area (Å²) in [5.41, 5.74) is 4.22. The lowest BCUT2D eigenvalue weighted by molar-refractivity contribution is -0.150. The Balaban J connectivity index is 3.35. The molecule has 0 aliphatic rings. The predicted octanol–water partition coefficient (Wildman–Crippen LogP) is 1.00. The van der Waals surface area contributed by atoms with Crippen LogP contribution in [0.1, 0.15) is 25.0 Å². The minimum atomic E-state index is -1.49. The molecule has 0 heterocycles. The molecule has 0 aromatic heterocycles. The fourth-order valence-corrected chi connectivity index (χ4v) is 1.77. The number of carbonyl (C=O) groups is 2. The van der Waals surface area contributed by atoms with Crippen molar-refractivity contribution in [1.82, 2.24) is 5.32 Å². The van der Waals surface area contributed by atoms with Gasteiger partial charge in [-0.3, -0.25) is 0 Å². The largest absolute Gasteiger partial charge is 0.464 e. The summed E-state index contributed by atoms with van der Waals surface area (Å²) in [6.45, 7) is 3.26. The number of ether oxygens (including phenoxy) is 1. The van der Waals surface area contributed by atoms with Gasteiger partial charge in [-0.15, -0.1) is 0 Å². The van der Waals surface area contributed by atoms with E-state index < -0.39 is 17.5 Å². The van der Waals surface area contributed by atoms with Crippen molar-refractivity contribution in [1.29, 1.82) is 5.26 Å². The first-order valence-electron chi connectivity index (χ1n) is 5.70. The highest BCUT2D eigenvalue weighted by atomic mass is 16.5. The molecule has 0 spiro atoms. The maximum Gasteiger partial charge on any atom is 0.336 e. The fourth-order valence-electron chi connectivity index (χ4n) is 1.77. The SMILES string of the molecule is CCOC(=O)C(C)(NC(N)=O)c1ccccc1C#N. The average Bonchev–Trinajstić information content (AvgIpc) is 2.38. The molecule has 1 unspecified atom stereocenters. The molecule has 6 heteroatoms. The van der Waals surface area contributed by atoms with Crippen LogP contribution >= 0.6 is 0 Å². The van der Waals surface area contributed by atoms with Crippen molar-refractivity contribution in [3.63, 3.8) is 0 Å². The van der Waals surface area contributed by atoms with Crippen LogP contribution in [0.5, 0.6) is 0 Å². The Morgan fingerprint density at radius 2 is 2.11 bits per heavy atom. The summed E-state index contributed by atoms with van der Waals surface area (Å²) in [4.78, 5) is 23.2. The van der Waals surface area contributed by atoms with E-state index in [0.717, 1.165) is 0 Å². The van der Waals surface area contributed by atoms with Crippen molar-refractivity contribution in [2.45, 2.75) is 19.4 Å². The van der Waals surface area contributed by atoms with Crippen LogP contribution in [0, 0.1) is 11.3 Å². The summed E-state index contributed by atoms with van der Waals surface area (Å²) in [5.74, 6) is -0.670. The van der Waals surface area contributed by atoms with E-state index >= 15 is 0 Å². The third kappa shape index (κ3) is 3.01. The number of nitrogens with zero attached hydrogens (tertiary/aromatic N) is 1. The maximum absolute atomic E-state index is 12.1. The number of hydrogen-bond donors (Lipinski definition) is 2. The highest BCUT2D eigenvalue weighted by molar-refractivity contribution is 5.88. The van der Waals surface area contributed by atoms with Crippen LogP contribution in [0.25, 0.3) is 0 Å². The summed E-state index contributed by atoms with van der Waals surface area (Å²) in [7, 11) is 0. The summed E-state index contributed by atoms with van der Waals surface area (Å²) in [5, 5.41) is 11.4. The molecule has 1 aromatic carbocycles. The van der Waals surface area contributed by atoms with Crippen molar-refractivity contribution in [3.05, 3.63) is 35.4 Å². The lowest BCUT2D eigenvalue weighted by Gasteiger charge is -2.28. The van der Waals surface area contributed by atoms with E-state index in [0.29, 0.717) is 5.56 Å². The molecule has 0 radical (unpaired) electrons. The Kier molecular flexibility index (Phi) is 4.48. The van der Waals surface area contributed by atoms with Crippen molar-refractivity contribution in [2.75, 3.05) is 6.61 Å². The predicted molar refractivity (Wildman–Crippen MR) is 67.9 cm³/mol. The maximum atomic E-state index is 12.1. The van der Waals surface area contributed by atoms with Gasteiger partial charge in [0.15, 0.2) is 5.54 Å². The zero-order valence-electron chi connectivity index (χ0n) is 10.8. The number of benzene rings is 1. The molecule has 0 bridgehead atoms. The van der Waals surface area contributed by atoms with Gasteiger partial charge in [-0.05, 0) is 19.9 Å². The Morgan fingerprint density at radius 1 is 1.47 bits per heavy atom. The number of rotatable bonds is 4. The highest BCUT2D eigenvalue weighted by Crippen LogP contribution is 2.25. The summed E-state index contributed by atoms with van der Waals surface area (Å²) in [6, 6.07) is 7.55. The van der Waals surface area contributed by atoms with E-state index in [9.17, 15) is 9.59 Å². The van der Waals surface area contributed by atoms with Crippen LogP contribution in [-0.2, 0) is 15.1 Å². The zero-order valence-corrected chi connectivity index (χ0v) is 10.8. The van der Waals surface area contributed by atoms with E-state index in [1.54, 1.807) is 31.2 Å². The lowest BCUT2D eigenvalue weighted by atomic mass is 9.88. The van der Waals surface area contributed by atoms with Gasteiger partial charge in [0.2, 0.25) is 0 Å². The third-order valence-corrected chi connectivity index (χ3v) is 2.64. The first-order chi connectivity index (χ1) is 8.95. The highest BCUT2D eigenvalue weighted by Gasteiger charge is 2.39. The van der Waals surface area contributed by atoms with Gasteiger partial charge in [0.25, 0.3) is 0 Å². The number of nitriles is 1. The minimum absolute atomic E-state index is 0.156. The molecule has 1 rings (SSSR count). The molecule has 0 saturated heterocycles. The van der Waals surface area contributed by atoms with Crippen molar-refractivity contribution in [2.24, 2.45) is 5.73 Å². The van der Waals surface area contributed by atoms with Gasteiger partial charge in [-0.2, -0.15) is 5.26 Å². The van der Waals surface area contributed by atoms with E-state index in [1.807, 2.05) is 6.07 Å². The normalized spacial score (nSPS) is 12.9. The number of urea groups is 1. The first kappa shape index (κ1) is 14.5. The Labute approximate surface area is 111 Å². The van der Waals surface area contributed by atoms with Gasteiger partial charge < -0.3 is 15.8 Å². The number of carbonyl (C=O) groups excluding carboxylic acids is 2. The van der Waals surface area contributed by atoms with Gasteiger partial charge in [0.1, 0.15) is 0 Å². The molecule has 100 valence electrons. The van der Waals surface area contributed by atoms with Gasteiger partial charge in [-0.1, -0.05) is 18.2 Å².